The molecule has 0 spiro atoms. The molecule has 1 aromatic heterocycles. The van der Waals surface area contributed by atoms with E-state index in [1.807, 2.05) is 11.6 Å². The number of ether oxygens (including phenoxy) is 1. The minimum Gasteiger partial charge on any atom is -0.380 e. The van der Waals surface area contributed by atoms with E-state index in [0.29, 0.717) is 6.04 Å². The van der Waals surface area contributed by atoms with Gasteiger partial charge in [-0.3, -0.25) is 0 Å². The molecule has 0 saturated carbocycles. The average molecular weight is 212 g/mol. The summed E-state index contributed by atoms with van der Waals surface area (Å²) in [5.74, 6) is 0. The number of nitrogens with zero attached hydrogens (tertiary/aromatic N) is 1. The number of aromatic nitrogens is 1. The van der Waals surface area contributed by atoms with E-state index in [9.17, 15) is 0 Å². The lowest BCUT2D eigenvalue weighted by Crippen LogP contribution is -2.37. The van der Waals surface area contributed by atoms with Gasteiger partial charge in [-0.25, -0.2) is 4.98 Å². The van der Waals surface area contributed by atoms with Gasteiger partial charge in [-0.1, -0.05) is 0 Å². The molecule has 1 aliphatic heterocycles. The Labute approximate surface area is 88.5 Å². The molecule has 0 radical (unpaired) electrons. The second-order valence-corrected chi connectivity index (χ2v) is 4.52. The quantitative estimate of drug-likeness (QED) is 0.820. The van der Waals surface area contributed by atoms with E-state index in [-0.39, 0.29) is 0 Å². The fourth-order valence-corrected chi connectivity index (χ4v) is 2.28. The maximum absolute atomic E-state index is 5.39. The molecule has 1 fully saturated rings. The van der Waals surface area contributed by atoms with Gasteiger partial charge < -0.3 is 10.1 Å². The third kappa shape index (κ3) is 3.04. The second kappa shape index (κ2) is 5.44. The van der Waals surface area contributed by atoms with Crippen molar-refractivity contribution >= 4 is 11.3 Å². The van der Waals surface area contributed by atoms with Gasteiger partial charge >= 0.3 is 0 Å². The normalized spacial score (nSPS) is 22.4. The maximum Gasteiger partial charge on any atom is 0.0937 e. The Balaban J connectivity index is 1.62. The van der Waals surface area contributed by atoms with Crippen LogP contribution < -0.4 is 5.32 Å². The van der Waals surface area contributed by atoms with E-state index < -0.39 is 0 Å². The molecular formula is C10H16N2OS. The fraction of sp³-hybridized carbons (Fsp3) is 0.700. The van der Waals surface area contributed by atoms with Crippen LogP contribution in [0.2, 0.25) is 0 Å². The van der Waals surface area contributed by atoms with Crippen molar-refractivity contribution < 1.29 is 4.74 Å². The summed E-state index contributed by atoms with van der Waals surface area (Å²) in [5, 5.41) is 6.75. The molecule has 78 valence electrons. The Morgan fingerprint density at radius 2 is 2.64 bits per heavy atom. The van der Waals surface area contributed by atoms with Gasteiger partial charge in [0.15, 0.2) is 0 Å². The van der Waals surface area contributed by atoms with Crippen molar-refractivity contribution in [3.63, 3.8) is 0 Å². The highest BCUT2D eigenvalue weighted by atomic mass is 32.1. The molecule has 3 nitrogen and oxygen atoms in total. The van der Waals surface area contributed by atoms with Gasteiger partial charge in [0, 0.05) is 37.2 Å². The van der Waals surface area contributed by atoms with Crippen LogP contribution in [0.25, 0.3) is 0 Å². The smallest absolute Gasteiger partial charge is 0.0937 e. The Morgan fingerprint density at radius 3 is 3.36 bits per heavy atom. The Kier molecular flexibility index (Phi) is 3.91. The van der Waals surface area contributed by atoms with Crippen molar-refractivity contribution in [2.45, 2.75) is 25.3 Å². The van der Waals surface area contributed by atoms with Crippen molar-refractivity contribution in [2.24, 2.45) is 0 Å². The lowest BCUT2D eigenvalue weighted by Gasteiger charge is -2.22. The predicted molar refractivity (Wildman–Crippen MR) is 57.7 cm³/mol. The van der Waals surface area contributed by atoms with Gasteiger partial charge in [0.2, 0.25) is 0 Å². The lowest BCUT2D eigenvalue weighted by atomic mass is 10.1. The summed E-state index contributed by atoms with van der Waals surface area (Å²) in [7, 11) is 0. The molecule has 4 heteroatoms. The molecule has 2 heterocycles. The molecule has 0 amide bonds. The van der Waals surface area contributed by atoms with Crippen LogP contribution >= 0.6 is 11.3 Å². The van der Waals surface area contributed by atoms with Gasteiger partial charge in [0.1, 0.15) is 0 Å². The third-order valence-corrected chi connectivity index (χ3v) is 3.26. The number of thiazole rings is 1. The zero-order valence-electron chi connectivity index (χ0n) is 8.24. The maximum atomic E-state index is 5.39. The van der Waals surface area contributed by atoms with Crippen LogP contribution in [0.1, 0.15) is 17.8 Å². The first-order valence-corrected chi connectivity index (χ1v) is 6.02. The van der Waals surface area contributed by atoms with Crippen LogP contribution in [-0.2, 0) is 11.2 Å². The number of hydrogen-bond acceptors (Lipinski definition) is 4. The summed E-state index contributed by atoms with van der Waals surface area (Å²) >= 11 is 1.73. The Bertz CT molecular complexity index is 245. The Hall–Kier alpha value is -0.450. The predicted octanol–water partition coefficient (Wildman–Crippen LogP) is 1.45. The monoisotopic (exact) mass is 212 g/mol. The third-order valence-electron chi connectivity index (χ3n) is 2.42. The lowest BCUT2D eigenvalue weighted by molar-refractivity contribution is 0.0707. The average Bonchev–Trinajstić information content (AvgIpc) is 2.72. The van der Waals surface area contributed by atoms with Crippen LogP contribution in [0.5, 0.6) is 0 Å². The summed E-state index contributed by atoms with van der Waals surface area (Å²) in [6.07, 6.45) is 5.34. The SMILES string of the molecule is c1csc(CCNC2CCCOC2)n1. The van der Waals surface area contributed by atoms with E-state index >= 15 is 0 Å². The van der Waals surface area contributed by atoms with Gasteiger partial charge in [-0.05, 0) is 12.8 Å². The van der Waals surface area contributed by atoms with Crippen molar-refractivity contribution in [3.05, 3.63) is 16.6 Å². The number of nitrogens with one attached hydrogen (secondary N) is 1. The number of rotatable bonds is 4. The molecule has 0 aliphatic carbocycles. The zero-order valence-corrected chi connectivity index (χ0v) is 9.05. The van der Waals surface area contributed by atoms with Crippen molar-refractivity contribution in [1.82, 2.24) is 10.3 Å². The topological polar surface area (TPSA) is 34.1 Å². The van der Waals surface area contributed by atoms with Crippen LogP contribution in [0.15, 0.2) is 11.6 Å². The molecule has 2 rings (SSSR count). The first-order chi connectivity index (χ1) is 6.95. The summed E-state index contributed by atoms with van der Waals surface area (Å²) in [4.78, 5) is 4.25. The van der Waals surface area contributed by atoms with Crippen LogP contribution in [0, 0.1) is 0 Å². The van der Waals surface area contributed by atoms with E-state index in [0.717, 1.165) is 26.2 Å². The number of hydrogen-bond donors (Lipinski definition) is 1. The van der Waals surface area contributed by atoms with Gasteiger partial charge in [0.05, 0.1) is 11.6 Å². The largest absolute Gasteiger partial charge is 0.380 e. The summed E-state index contributed by atoms with van der Waals surface area (Å²) in [6.45, 7) is 2.82. The highest BCUT2D eigenvalue weighted by Gasteiger charge is 2.12. The molecule has 0 bridgehead atoms. The van der Waals surface area contributed by atoms with Crippen LogP contribution in [0.4, 0.5) is 0 Å². The molecule has 1 saturated heterocycles. The molecule has 1 aromatic rings. The second-order valence-electron chi connectivity index (χ2n) is 3.54. The minimum atomic E-state index is 0.559. The molecule has 1 unspecified atom stereocenters. The molecule has 1 N–H and O–H groups in total. The van der Waals surface area contributed by atoms with Crippen LogP contribution in [0.3, 0.4) is 0 Å². The van der Waals surface area contributed by atoms with E-state index in [2.05, 4.69) is 10.3 Å². The summed E-state index contributed by atoms with van der Waals surface area (Å²) in [6, 6.07) is 0.559. The molecule has 1 atom stereocenters. The zero-order chi connectivity index (χ0) is 9.64. The van der Waals surface area contributed by atoms with Crippen LogP contribution in [-0.4, -0.2) is 30.8 Å². The van der Waals surface area contributed by atoms with Gasteiger partial charge in [-0.15, -0.1) is 11.3 Å². The molecule has 0 aromatic carbocycles. The molecule has 14 heavy (non-hydrogen) atoms. The van der Waals surface area contributed by atoms with Crippen molar-refractivity contribution in [1.29, 1.82) is 0 Å². The summed E-state index contributed by atoms with van der Waals surface area (Å²) in [5.41, 5.74) is 0. The fourth-order valence-electron chi connectivity index (χ4n) is 1.66. The first kappa shape index (κ1) is 10.1. The van der Waals surface area contributed by atoms with E-state index in [1.165, 1.54) is 17.8 Å². The molecule has 1 aliphatic rings. The Morgan fingerprint density at radius 1 is 1.64 bits per heavy atom. The van der Waals surface area contributed by atoms with Gasteiger partial charge in [0.25, 0.3) is 0 Å². The first-order valence-electron chi connectivity index (χ1n) is 5.14. The van der Waals surface area contributed by atoms with Gasteiger partial charge in [-0.2, -0.15) is 0 Å². The van der Waals surface area contributed by atoms with E-state index in [1.54, 1.807) is 11.3 Å². The van der Waals surface area contributed by atoms with E-state index in [4.69, 9.17) is 4.74 Å². The van der Waals surface area contributed by atoms with Crippen molar-refractivity contribution in [2.75, 3.05) is 19.8 Å². The minimum absolute atomic E-state index is 0.559. The standard InChI is InChI=1S/C10H16N2OS/c1-2-9(8-13-6-1)11-4-3-10-12-5-7-14-10/h5,7,9,11H,1-4,6,8H2. The highest BCUT2D eigenvalue weighted by molar-refractivity contribution is 7.09. The van der Waals surface area contributed by atoms with Crippen molar-refractivity contribution in [3.8, 4) is 0 Å². The molecular weight excluding hydrogens is 196 g/mol. The summed E-state index contributed by atoms with van der Waals surface area (Å²) < 4.78 is 5.39. The highest BCUT2D eigenvalue weighted by Crippen LogP contribution is 2.07.